The molecule has 6 rings (SSSR count). The first kappa shape index (κ1) is 43.7. The number of nitriles is 1. The van der Waals surface area contributed by atoms with Gasteiger partial charge in [0.15, 0.2) is 21.2 Å². The SMILES string of the molecule is C[C@](O)(CS(=O)(=O)c1ccc(CCCCOCCC(=O)NCc2ccc(-c3[nH]c4cc(F)cc5c4c3CCCC5=O)cc2)cc1)C(=O)Nc1ccc(C#N)c(C(F)(F)F)c1. The van der Waals surface area contributed by atoms with E-state index in [0.29, 0.717) is 68.8 Å². The number of halogens is 4. The summed E-state index contributed by atoms with van der Waals surface area (Å²) in [5, 5.41) is 25.5. The molecule has 4 aromatic carbocycles. The van der Waals surface area contributed by atoms with Gasteiger partial charge in [0.2, 0.25) is 5.91 Å². The molecule has 0 aliphatic heterocycles. The number of sulfone groups is 1. The van der Waals surface area contributed by atoms with Crippen molar-refractivity contribution in [2.45, 2.75) is 75.1 Å². The van der Waals surface area contributed by atoms with Crippen LogP contribution in [0.2, 0.25) is 0 Å². The molecule has 2 amide bonds. The Morgan fingerprint density at radius 1 is 0.950 bits per heavy atom. The van der Waals surface area contributed by atoms with E-state index >= 15 is 0 Å². The molecule has 0 bridgehead atoms. The zero-order valence-electron chi connectivity index (χ0n) is 32.5. The molecule has 1 atom stereocenters. The molecular weight excluding hydrogens is 805 g/mol. The second-order valence-electron chi connectivity index (χ2n) is 14.9. The third-order valence-corrected chi connectivity index (χ3v) is 12.2. The lowest BCUT2D eigenvalue weighted by molar-refractivity contribution is -0.138. The molecule has 4 N–H and O–H groups in total. The maximum atomic E-state index is 14.3. The Kier molecular flexibility index (Phi) is 13.2. The molecule has 314 valence electrons. The minimum absolute atomic E-state index is 0.0527. The van der Waals surface area contributed by atoms with Crippen LogP contribution in [0.1, 0.15) is 77.2 Å². The smallest absolute Gasteiger partial charge is 0.381 e. The lowest BCUT2D eigenvalue weighted by Crippen LogP contribution is -2.45. The third-order valence-electron chi connectivity index (χ3n) is 10.3. The van der Waals surface area contributed by atoms with Gasteiger partial charge in [-0.1, -0.05) is 36.4 Å². The molecule has 1 aromatic heterocycles. The zero-order valence-corrected chi connectivity index (χ0v) is 33.4. The number of alkyl halides is 3. The summed E-state index contributed by atoms with van der Waals surface area (Å²) in [5.41, 5.74) is 0.696. The number of benzene rings is 4. The van der Waals surface area contributed by atoms with E-state index in [2.05, 4.69) is 15.6 Å². The number of carbonyl (C=O) groups excluding carboxylic acids is 3. The summed E-state index contributed by atoms with van der Waals surface area (Å²) in [6.45, 7) is 1.91. The molecule has 0 radical (unpaired) electrons. The molecule has 1 heterocycles. The summed E-state index contributed by atoms with van der Waals surface area (Å²) in [5.74, 6) is -2.96. The number of hydrogen-bond donors (Lipinski definition) is 4. The van der Waals surface area contributed by atoms with E-state index in [1.807, 2.05) is 24.3 Å². The topological polar surface area (TPSA) is 178 Å². The van der Waals surface area contributed by atoms with Gasteiger partial charge in [0.05, 0.1) is 34.5 Å². The summed E-state index contributed by atoms with van der Waals surface area (Å²) < 4.78 is 86.0. The molecule has 11 nitrogen and oxygen atoms in total. The molecule has 0 spiro atoms. The fourth-order valence-corrected chi connectivity index (χ4v) is 8.71. The molecule has 16 heteroatoms. The quantitative estimate of drug-likeness (QED) is 0.0580. The largest absolute Gasteiger partial charge is 0.417 e. The fraction of sp³-hybridized carbons (Fsp3) is 0.318. The minimum Gasteiger partial charge on any atom is -0.381 e. The first-order valence-corrected chi connectivity index (χ1v) is 20.9. The number of nitrogens with zero attached hydrogens (tertiary/aromatic N) is 1. The van der Waals surface area contributed by atoms with Gasteiger partial charge in [-0.2, -0.15) is 18.4 Å². The van der Waals surface area contributed by atoms with Gasteiger partial charge in [0.25, 0.3) is 5.91 Å². The van der Waals surface area contributed by atoms with Crippen LogP contribution in [0.3, 0.4) is 0 Å². The molecule has 0 saturated heterocycles. The number of aliphatic hydroxyl groups is 1. The highest BCUT2D eigenvalue weighted by molar-refractivity contribution is 7.91. The number of carbonyl (C=O) groups is 3. The molecule has 0 unspecified atom stereocenters. The number of unbranched alkanes of at least 4 members (excludes halogenated alkanes) is 1. The van der Waals surface area contributed by atoms with E-state index in [-0.39, 0.29) is 35.3 Å². The van der Waals surface area contributed by atoms with E-state index in [4.69, 9.17) is 10.00 Å². The Morgan fingerprint density at radius 2 is 1.67 bits per heavy atom. The average Bonchev–Trinajstić information content (AvgIpc) is 3.47. The number of aromatic nitrogens is 1. The predicted octanol–water partition coefficient (Wildman–Crippen LogP) is 7.59. The number of nitrogens with one attached hydrogen (secondary N) is 3. The highest BCUT2D eigenvalue weighted by Crippen LogP contribution is 2.37. The molecule has 1 aliphatic rings. The van der Waals surface area contributed by atoms with Gasteiger partial charge in [-0.05, 0) is 104 Å². The number of rotatable bonds is 16. The molecule has 1 aliphatic carbocycles. The third kappa shape index (κ3) is 10.5. The van der Waals surface area contributed by atoms with Crippen molar-refractivity contribution in [3.8, 4) is 17.3 Å². The standard InChI is InChI=1S/C44H42F4N4O7S/c1-43(56,42(55)51-32-15-14-30(24-49)36(23-32)44(46,47)48)26-60(57,58)33-16-10-27(11-17-33)5-2-3-19-59-20-18-39(54)50-25-28-8-12-29(13-9-28)41-34-6-4-7-38(53)35-21-31(45)22-37(52-41)40(34)35/h8-17,21-23,52,56H,2-7,18-20,25-26H2,1H3,(H,50,54)(H,51,55)/t43-/m0/s1. The van der Waals surface area contributed by atoms with Crippen LogP contribution in [0.4, 0.5) is 23.2 Å². The Balaban J connectivity index is 0.889. The number of ether oxygens (including phenoxy) is 1. The molecule has 5 aromatic rings. The Labute approximate surface area is 343 Å². The molecule has 60 heavy (non-hydrogen) atoms. The van der Waals surface area contributed by atoms with Crippen molar-refractivity contribution in [3.63, 3.8) is 0 Å². The number of H-pyrrole nitrogens is 1. The summed E-state index contributed by atoms with van der Waals surface area (Å²) >= 11 is 0. The van der Waals surface area contributed by atoms with Crippen molar-refractivity contribution in [2.24, 2.45) is 0 Å². The maximum absolute atomic E-state index is 14.3. The van der Waals surface area contributed by atoms with Gasteiger partial charge in [0, 0.05) is 53.8 Å². The van der Waals surface area contributed by atoms with Crippen LogP contribution in [-0.4, -0.2) is 60.7 Å². The van der Waals surface area contributed by atoms with Gasteiger partial charge >= 0.3 is 6.18 Å². The fourth-order valence-electron chi connectivity index (χ4n) is 7.12. The first-order chi connectivity index (χ1) is 28.4. The predicted molar refractivity (Wildman–Crippen MR) is 215 cm³/mol. The Bertz CT molecular complexity index is 2560. The van der Waals surface area contributed by atoms with Crippen LogP contribution in [-0.2, 0) is 49.7 Å². The van der Waals surface area contributed by atoms with Crippen LogP contribution in [0, 0.1) is 17.1 Å². The number of amides is 2. The van der Waals surface area contributed by atoms with Crippen LogP contribution in [0.5, 0.6) is 0 Å². The van der Waals surface area contributed by atoms with Gasteiger partial charge in [-0.25, -0.2) is 12.8 Å². The van der Waals surface area contributed by atoms with Crippen LogP contribution < -0.4 is 10.6 Å². The second kappa shape index (κ2) is 18.2. The maximum Gasteiger partial charge on any atom is 0.417 e. The van der Waals surface area contributed by atoms with Gasteiger partial charge < -0.3 is 25.5 Å². The van der Waals surface area contributed by atoms with Crippen molar-refractivity contribution in [3.05, 3.63) is 118 Å². The lowest BCUT2D eigenvalue weighted by Gasteiger charge is -2.22. The second-order valence-corrected chi connectivity index (χ2v) is 16.9. The van der Waals surface area contributed by atoms with Crippen molar-refractivity contribution in [2.75, 3.05) is 24.3 Å². The van der Waals surface area contributed by atoms with Crippen LogP contribution >= 0.6 is 0 Å². The van der Waals surface area contributed by atoms with Crippen molar-refractivity contribution in [1.82, 2.24) is 10.3 Å². The van der Waals surface area contributed by atoms with E-state index < -0.39 is 50.2 Å². The van der Waals surface area contributed by atoms with Crippen molar-refractivity contribution >= 4 is 44.0 Å². The Morgan fingerprint density at radius 3 is 2.37 bits per heavy atom. The number of aromatic amines is 1. The summed E-state index contributed by atoms with van der Waals surface area (Å²) in [4.78, 5) is 40.9. The monoisotopic (exact) mass is 846 g/mol. The first-order valence-electron chi connectivity index (χ1n) is 19.2. The van der Waals surface area contributed by atoms with Gasteiger partial charge in [0.1, 0.15) is 5.82 Å². The van der Waals surface area contributed by atoms with Gasteiger partial charge in [-0.15, -0.1) is 0 Å². The van der Waals surface area contributed by atoms with Crippen molar-refractivity contribution in [1.29, 1.82) is 5.26 Å². The van der Waals surface area contributed by atoms with Crippen LogP contribution in [0.25, 0.3) is 22.2 Å². The molecule has 0 saturated carbocycles. The Hall–Kier alpha value is -5.89. The number of hydrogen-bond acceptors (Lipinski definition) is 8. The summed E-state index contributed by atoms with van der Waals surface area (Å²) in [6, 6.07) is 20.2. The minimum atomic E-state index is -4.88. The summed E-state index contributed by atoms with van der Waals surface area (Å²) in [6.07, 6.45) is -0.933. The van der Waals surface area contributed by atoms with Crippen molar-refractivity contribution < 1.29 is 50.2 Å². The highest BCUT2D eigenvalue weighted by Gasteiger charge is 2.38. The van der Waals surface area contributed by atoms with E-state index in [9.17, 15) is 45.5 Å². The van der Waals surface area contributed by atoms with Crippen LogP contribution in [0.15, 0.2) is 83.8 Å². The van der Waals surface area contributed by atoms with E-state index in [0.717, 1.165) is 52.4 Å². The highest BCUT2D eigenvalue weighted by atomic mass is 32.2. The number of anilines is 1. The molecule has 0 fully saturated rings. The average molecular weight is 847 g/mol. The number of ketones is 1. The molecular formula is C44H42F4N4O7S. The number of Topliss-reactive ketones (excluding diaryl/α,β-unsaturated/α-hetero) is 1. The lowest BCUT2D eigenvalue weighted by atomic mass is 9.99. The normalized spacial score (nSPS) is 14.0. The van der Waals surface area contributed by atoms with E-state index in [1.54, 1.807) is 12.1 Å². The zero-order chi connectivity index (χ0) is 43.2. The number of aryl methyl sites for hydroxylation is 2. The van der Waals surface area contributed by atoms with E-state index in [1.165, 1.54) is 30.3 Å². The van der Waals surface area contributed by atoms with Gasteiger partial charge in [-0.3, -0.25) is 14.4 Å². The summed E-state index contributed by atoms with van der Waals surface area (Å²) in [7, 11) is -4.20.